The van der Waals surface area contributed by atoms with E-state index in [0.29, 0.717) is 18.8 Å². The summed E-state index contributed by atoms with van der Waals surface area (Å²) in [5.41, 5.74) is 0. The quantitative estimate of drug-likeness (QED) is 0.713. The van der Waals surface area contributed by atoms with Gasteiger partial charge in [-0.3, -0.25) is 9.59 Å². The van der Waals surface area contributed by atoms with Gasteiger partial charge in [-0.1, -0.05) is 6.07 Å². The lowest BCUT2D eigenvalue weighted by Gasteiger charge is -2.20. The largest absolute Gasteiger partial charge is 0.355 e. The lowest BCUT2D eigenvalue weighted by atomic mass is 9.98. The summed E-state index contributed by atoms with van der Waals surface area (Å²) >= 11 is 0. The Morgan fingerprint density at radius 2 is 2.38 bits per heavy atom. The number of carbonyl (C=O) groups is 2. The molecule has 2 N–H and O–H groups in total. The smallest absolute Gasteiger partial charge is 0.238 e. The Morgan fingerprint density at radius 1 is 1.50 bits per heavy atom. The molecule has 0 bridgehead atoms. The number of hydrogen-bond donors (Lipinski definition) is 2. The Morgan fingerprint density at radius 3 is 3.06 bits per heavy atom. The maximum atomic E-state index is 11.8. The summed E-state index contributed by atoms with van der Waals surface area (Å²) in [7, 11) is 0. The third-order valence-corrected chi connectivity index (χ3v) is 2.52. The standard InChI is InChI=1S/C11H13N3O2/c15-10-8(4-3-7-13-10)11(16)14-9-5-1-2-6-12-9/h1-2,5-6,8H,3-4,7H2,(H,13,15)(H,12,14,16)/t8-/m1/s1. The van der Waals surface area contributed by atoms with Gasteiger partial charge in [-0.2, -0.15) is 0 Å². The fraction of sp³-hybridized carbons (Fsp3) is 0.364. The molecule has 1 aliphatic rings. The molecule has 0 aromatic carbocycles. The molecule has 0 saturated carbocycles. The Balaban J connectivity index is 2.00. The lowest BCUT2D eigenvalue weighted by molar-refractivity contribution is -0.134. The van der Waals surface area contributed by atoms with E-state index in [4.69, 9.17) is 0 Å². The van der Waals surface area contributed by atoms with Gasteiger partial charge in [0.25, 0.3) is 0 Å². The number of nitrogens with zero attached hydrogens (tertiary/aromatic N) is 1. The highest BCUT2D eigenvalue weighted by Crippen LogP contribution is 2.13. The zero-order valence-corrected chi connectivity index (χ0v) is 8.77. The Labute approximate surface area is 93.3 Å². The summed E-state index contributed by atoms with van der Waals surface area (Å²) in [5, 5.41) is 5.31. The zero-order valence-electron chi connectivity index (χ0n) is 8.77. The van der Waals surface area contributed by atoms with Gasteiger partial charge in [-0.15, -0.1) is 0 Å². The van der Waals surface area contributed by atoms with Gasteiger partial charge in [0.15, 0.2) is 0 Å². The predicted octanol–water partition coefficient (Wildman–Crippen LogP) is 0.546. The van der Waals surface area contributed by atoms with Crippen molar-refractivity contribution in [3.63, 3.8) is 0 Å². The molecule has 0 spiro atoms. The summed E-state index contributed by atoms with van der Waals surface area (Å²) in [5.74, 6) is -0.586. The Kier molecular flexibility index (Phi) is 3.14. The molecule has 1 aliphatic heterocycles. The highest BCUT2D eigenvalue weighted by molar-refractivity contribution is 6.06. The Bertz CT molecular complexity index is 391. The monoisotopic (exact) mass is 219 g/mol. The van der Waals surface area contributed by atoms with E-state index in [1.54, 1.807) is 24.4 Å². The van der Waals surface area contributed by atoms with E-state index >= 15 is 0 Å². The number of anilines is 1. The molecule has 1 saturated heterocycles. The van der Waals surface area contributed by atoms with Gasteiger partial charge >= 0.3 is 0 Å². The van der Waals surface area contributed by atoms with Crippen LogP contribution < -0.4 is 10.6 Å². The summed E-state index contributed by atoms with van der Waals surface area (Å²) in [6, 6.07) is 5.24. The number of pyridine rings is 1. The van der Waals surface area contributed by atoms with E-state index in [0.717, 1.165) is 6.42 Å². The van der Waals surface area contributed by atoms with Crippen LogP contribution in [-0.2, 0) is 9.59 Å². The van der Waals surface area contributed by atoms with Crippen LogP contribution in [0.2, 0.25) is 0 Å². The second-order valence-corrected chi connectivity index (χ2v) is 3.69. The molecule has 2 amide bonds. The number of rotatable bonds is 2. The van der Waals surface area contributed by atoms with Crippen LogP contribution in [0.1, 0.15) is 12.8 Å². The van der Waals surface area contributed by atoms with Crippen LogP contribution in [0, 0.1) is 5.92 Å². The fourth-order valence-corrected chi connectivity index (χ4v) is 1.67. The normalized spacial score (nSPS) is 20.0. The number of hydrogen-bond acceptors (Lipinski definition) is 3. The first-order chi connectivity index (χ1) is 7.77. The molecule has 1 aromatic rings. The van der Waals surface area contributed by atoms with Gasteiger partial charge in [0.05, 0.1) is 0 Å². The number of carbonyl (C=O) groups excluding carboxylic acids is 2. The highest BCUT2D eigenvalue weighted by Gasteiger charge is 2.28. The molecular weight excluding hydrogens is 206 g/mol. The first-order valence-corrected chi connectivity index (χ1v) is 5.27. The van der Waals surface area contributed by atoms with Crippen LogP contribution in [0.4, 0.5) is 5.82 Å². The van der Waals surface area contributed by atoms with Crippen molar-refractivity contribution in [3.8, 4) is 0 Å². The van der Waals surface area contributed by atoms with Crippen molar-refractivity contribution in [2.75, 3.05) is 11.9 Å². The van der Waals surface area contributed by atoms with Gasteiger partial charge < -0.3 is 10.6 Å². The van der Waals surface area contributed by atoms with Gasteiger partial charge in [-0.05, 0) is 25.0 Å². The van der Waals surface area contributed by atoms with Crippen LogP contribution in [0.25, 0.3) is 0 Å². The number of piperidine rings is 1. The third-order valence-electron chi connectivity index (χ3n) is 2.52. The van der Waals surface area contributed by atoms with Crippen molar-refractivity contribution in [2.24, 2.45) is 5.92 Å². The summed E-state index contributed by atoms with van der Waals surface area (Å²) in [6.07, 6.45) is 3.03. The minimum Gasteiger partial charge on any atom is -0.355 e. The molecule has 0 aliphatic carbocycles. The minimum absolute atomic E-state index is 0.195. The van der Waals surface area contributed by atoms with Crippen molar-refractivity contribution in [1.82, 2.24) is 10.3 Å². The molecular formula is C11H13N3O2. The topological polar surface area (TPSA) is 71.1 Å². The summed E-state index contributed by atoms with van der Waals surface area (Å²) < 4.78 is 0. The maximum Gasteiger partial charge on any atom is 0.238 e. The van der Waals surface area contributed by atoms with Crippen molar-refractivity contribution in [2.45, 2.75) is 12.8 Å². The molecule has 1 atom stereocenters. The highest BCUT2D eigenvalue weighted by atomic mass is 16.2. The lowest BCUT2D eigenvalue weighted by Crippen LogP contribution is -2.42. The molecule has 0 radical (unpaired) electrons. The molecule has 5 heteroatoms. The number of amides is 2. The second kappa shape index (κ2) is 4.74. The first kappa shape index (κ1) is 10.6. The van der Waals surface area contributed by atoms with Crippen molar-refractivity contribution in [1.29, 1.82) is 0 Å². The number of aromatic nitrogens is 1. The second-order valence-electron chi connectivity index (χ2n) is 3.69. The summed E-state index contributed by atoms with van der Waals surface area (Å²) in [6.45, 7) is 0.659. The first-order valence-electron chi connectivity index (χ1n) is 5.27. The van der Waals surface area contributed by atoms with Crippen molar-refractivity contribution < 1.29 is 9.59 Å². The van der Waals surface area contributed by atoms with E-state index in [9.17, 15) is 9.59 Å². The van der Waals surface area contributed by atoms with Gasteiger partial charge in [0.2, 0.25) is 11.8 Å². The molecule has 5 nitrogen and oxygen atoms in total. The SMILES string of the molecule is O=C1NCCC[C@H]1C(=O)Nc1ccccn1. The van der Waals surface area contributed by atoms with E-state index in [1.165, 1.54) is 0 Å². The molecule has 2 heterocycles. The molecule has 84 valence electrons. The average Bonchev–Trinajstić information content (AvgIpc) is 2.31. The van der Waals surface area contributed by atoms with Crippen molar-refractivity contribution >= 4 is 17.6 Å². The predicted molar refractivity (Wildman–Crippen MR) is 58.6 cm³/mol. The van der Waals surface area contributed by atoms with Crippen LogP contribution in [-0.4, -0.2) is 23.3 Å². The number of nitrogens with one attached hydrogen (secondary N) is 2. The molecule has 0 unspecified atom stereocenters. The van der Waals surface area contributed by atoms with Gasteiger partial charge in [0, 0.05) is 12.7 Å². The average molecular weight is 219 g/mol. The van der Waals surface area contributed by atoms with E-state index in [-0.39, 0.29) is 11.8 Å². The van der Waals surface area contributed by atoms with Crippen molar-refractivity contribution in [3.05, 3.63) is 24.4 Å². The van der Waals surface area contributed by atoms with Crippen LogP contribution in [0.3, 0.4) is 0 Å². The minimum atomic E-state index is -0.587. The molecule has 1 aromatic heterocycles. The van der Waals surface area contributed by atoms with Crippen LogP contribution in [0.5, 0.6) is 0 Å². The Hall–Kier alpha value is -1.91. The van der Waals surface area contributed by atoms with E-state index in [2.05, 4.69) is 15.6 Å². The van der Waals surface area contributed by atoms with Crippen LogP contribution in [0.15, 0.2) is 24.4 Å². The van der Waals surface area contributed by atoms with E-state index in [1.807, 2.05) is 0 Å². The van der Waals surface area contributed by atoms with Crippen LogP contribution >= 0.6 is 0 Å². The molecule has 2 rings (SSSR count). The van der Waals surface area contributed by atoms with E-state index < -0.39 is 5.92 Å². The maximum absolute atomic E-state index is 11.8. The summed E-state index contributed by atoms with van der Waals surface area (Å²) in [4.78, 5) is 27.2. The zero-order chi connectivity index (χ0) is 11.4. The van der Waals surface area contributed by atoms with Gasteiger partial charge in [-0.25, -0.2) is 4.98 Å². The third kappa shape index (κ3) is 2.36. The fourth-order valence-electron chi connectivity index (χ4n) is 1.67. The molecule has 1 fully saturated rings. The van der Waals surface area contributed by atoms with Gasteiger partial charge in [0.1, 0.15) is 11.7 Å². The molecule has 16 heavy (non-hydrogen) atoms.